The number of benzene rings is 1. The maximum Gasteiger partial charge on any atom is 0.340 e. The Labute approximate surface area is 167 Å². The highest BCUT2D eigenvalue weighted by Gasteiger charge is 2.55. The van der Waals surface area contributed by atoms with Crippen molar-refractivity contribution in [3.63, 3.8) is 0 Å². The van der Waals surface area contributed by atoms with Crippen LogP contribution in [-0.2, 0) is 28.6 Å². The Morgan fingerprint density at radius 1 is 1.00 bits per heavy atom. The summed E-state index contributed by atoms with van der Waals surface area (Å²) in [6, 6.07) is 5.79. The Bertz CT molecular complexity index is 732. The van der Waals surface area contributed by atoms with Crippen molar-refractivity contribution >= 4 is 35.3 Å². The molecule has 0 saturated carbocycles. The fourth-order valence-electron chi connectivity index (χ4n) is 2.54. The van der Waals surface area contributed by atoms with Crippen molar-refractivity contribution in [1.29, 1.82) is 0 Å². The molecule has 0 bridgehead atoms. The molecule has 0 fully saturated rings. The molecule has 1 rings (SSSR count). The third-order valence-corrected chi connectivity index (χ3v) is 4.08. The van der Waals surface area contributed by atoms with Gasteiger partial charge in [-0.25, -0.2) is 4.79 Å². The normalized spacial score (nSPS) is 13.8. The Hall–Kier alpha value is -2.45. The summed E-state index contributed by atoms with van der Waals surface area (Å²) in [5, 5.41) is 11.1. The van der Waals surface area contributed by atoms with Crippen LogP contribution in [0.15, 0.2) is 24.3 Å². The number of hydrogen-bond donors (Lipinski definition) is 1. The second-order valence-electron chi connectivity index (χ2n) is 5.66. The third kappa shape index (κ3) is 5.53. The highest BCUT2D eigenvalue weighted by Crippen LogP contribution is 2.31. The van der Waals surface area contributed by atoms with E-state index in [-0.39, 0.29) is 30.4 Å². The van der Waals surface area contributed by atoms with Crippen LogP contribution in [0.5, 0.6) is 0 Å². The highest BCUT2D eigenvalue weighted by molar-refractivity contribution is 6.34. The zero-order valence-electron chi connectivity index (χ0n) is 15.9. The van der Waals surface area contributed by atoms with E-state index in [2.05, 4.69) is 0 Å². The van der Waals surface area contributed by atoms with Gasteiger partial charge in [0.2, 0.25) is 0 Å². The van der Waals surface area contributed by atoms with Gasteiger partial charge in [0.25, 0.3) is 0 Å². The maximum absolute atomic E-state index is 13.1. The van der Waals surface area contributed by atoms with E-state index in [1.54, 1.807) is 6.07 Å². The number of halogens is 1. The molecule has 154 valence electrons. The van der Waals surface area contributed by atoms with E-state index >= 15 is 0 Å². The van der Waals surface area contributed by atoms with E-state index in [0.717, 1.165) is 0 Å². The van der Waals surface area contributed by atoms with Gasteiger partial charge in [-0.2, -0.15) is 0 Å². The number of hydrogen-bond acceptors (Lipinski definition) is 8. The van der Waals surface area contributed by atoms with Gasteiger partial charge in [0.15, 0.2) is 17.3 Å². The molecule has 0 amide bonds. The first kappa shape index (κ1) is 23.6. The number of carbonyl (C=O) groups excluding carboxylic acids is 4. The van der Waals surface area contributed by atoms with E-state index in [0.29, 0.717) is 0 Å². The molecule has 0 spiro atoms. The Balaban J connectivity index is 3.52. The van der Waals surface area contributed by atoms with Crippen LogP contribution in [0.4, 0.5) is 0 Å². The Kier molecular flexibility index (Phi) is 9.08. The molecule has 0 radical (unpaired) electrons. The lowest BCUT2D eigenvalue weighted by Crippen LogP contribution is -2.55. The van der Waals surface area contributed by atoms with E-state index in [4.69, 9.17) is 25.8 Å². The van der Waals surface area contributed by atoms with Gasteiger partial charge in [-0.15, -0.1) is 0 Å². The summed E-state index contributed by atoms with van der Waals surface area (Å²) in [7, 11) is 0. The molecule has 1 N–H and O–H groups in total. The quantitative estimate of drug-likeness (QED) is 0.267. The number of ketones is 1. The molecule has 1 aromatic rings. The van der Waals surface area contributed by atoms with Crippen LogP contribution in [0.2, 0.25) is 5.02 Å². The van der Waals surface area contributed by atoms with Crippen LogP contribution < -0.4 is 0 Å². The molecule has 0 saturated heterocycles. The zero-order chi connectivity index (χ0) is 21.3. The first-order chi connectivity index (χ1) is 13.2. The van der Waals surface area contributed by atoms with Gasteiger partial charge in [0.05, 0.1) is 31.3 Å². The largest absolute Gasteiger partial charge is 0.466 e. The van der Waals surface area contributed by atoms with E-state index in [9.17, 15) is 24.3 Å². The fraction of sp³-hybridized carbons (Fsp3) is 0.474. The van der Waals surface area contributed by atoms with Gasteiger partial charge in [-0.3, -0.25) is 14.4 Å². The first-order valence-electron chi connectivity index (χ1n) is 8.73. The molecule has 8 nitrogen and oxygen atoms in total. The van der Waals surface area contributed by atoms with Crippen molar-refractivity contribution in [2.75, 3.05) is 19.8 Å². The van der Waals surface area contributed by atoms with Crippen LogP contribution >= 0.6 is 11.6 Å². The number of aliphatic hydroxyl groups is 1. The second-order valence-corrected chi connectivity index (χ2v) is 6.06. The molecule has 1 aromatic carbocycles. The summed E-state index contributed by atoms with van der Waals surface area (Å²) in [5.41, 5.74) is -2.95. The lowest BCUT2D eigenvalue weighted by molar-refractivity contribution is -0.182. The maximum atomic E-state index is 13.1. The average molecular weight is 415 g/mol. The van der Waals surface area contributed by atoms with Gasteiger partial charge < -0.3 is 19.3 Å². The summed E-state index contributed by atoms with van der Waals surface area (Å²) >= 11 is 6.03. The van der Waals surface area contributed by atoms with E-state index in [1.807, 2.05) is 0 Å². The van der Waals surface area contributed by atoms with Gasteiger partial charge >= 0.3 is 17.9 Å². The molecule has 0 heterocycles. The van der Waals surface area contributed by atoms with Crippen molar-refractivity contribution in [2.45, 2.75) is 32.8 Å². The second kappa shape index (κ2) is 10.8. The summed E-state index contributed by atoms with van der Waals surface area (Å²) < 4.78 is 14.5. The Morgan fingerprint density at radius 3 is 2.11 bits per heavy atom. The Morgan fingerprint density at radius 2 is 1.57 bits per heavy atom. The molecular weight excluding hydrogens is 392 g/mol. The SMILES string of the molecule is CCOC(=O)CC(O)(C(=O)OCC)C(C(=O)OCC)C(=O)c1ccccc1Cl. The minimum atomic E-state index is -2.83. The van der Waals surface area contributed by atoms with Crippen LogP contribution in [-0.4, -0.2) is 54.2 Å². The van der Waals surface area contributed by atoms with Crippen LogP contribution in [0.25, 0.3) is 0 Å². The predicted octanol–water partition coefficient (Wildman–Crippen LogP) is 1.95. The molecule has 28 heavy (non-hydrogen) atoms. The molecule has 2 unspecified atom stereocenters. The van der Waals surface area contributed by atoms with Gasteiger partial charge in [0, 0.05) is 5.56 Å². The minimum absolute atomic E-state index is 0.00384. The summed E-state index contributed by atoms with van der Waals surface area (Å²) in [6.07, 6.45) is -0.973. The monoisotopic (exact) mass is 414 g/mol. The number of rotatable bonds is 10. The van der Waals surface area contributed by atoms with E-state index in [1.165, 1.54) is 39.0 Å². The smallest absolute Gasteiger partial charge is 0.340 e. The molecule has 0 aliphatic carbocycles. The average Bonchev–Trinajstić information content (AvgIpc) is 2.62. The first-order valence-corrected chi connectivity index (χ1v) is 9.11. The van der Waals surface area contributed by atoms with Crippen molar-refractivity contribution in [3.8, 4) is 0 Å². The molecule has 0 aromatic heterocycles. The summed E-state index contributed by atoms with van der Waals surface area (Å²) in [6.45, 7) is 4.18. The van der Waals surface area contributed by atoms with Crippen molar-refractivity contribution in [2.24, 2.45) is 5.92 Å². The summed E-state index contributed by atoms with van der Waals surface area (Å²) in [4.78, 5) is 50.1. The van der Waals surface area contributed by atoms with Gasteiger partial charge in [0.1, 0.15) is 0 Å². The number of ether oxygens (including phenoxy) is 3. The van der Waals surface area contributed by atoms with Crippen LogP contribution in [0.3, 0.4) is 0 Å². The van der Waals surface area contributed by atoms with Crippen molar-refractivity contribution in [1.82, 2.24) is 0 Å². The number of carbonyl (C=O) groups is 4. The van der Waals surface area contributed by atoms with Crippen LogP contribution in [0, 0.1) is 5.92 Å². The van der Waals surface area contributed by atoms with Gasteiger partial charge in [-0.05, 0) is 32.9 Å². The van der Waals surface area contributed by atoms with Crippen molar-refractivity contribution in [3.05, 3.63) is 34.9 Å². The third-order valence-electron chi connectivity index (χ3n) is 3.75. The molecule has 0 aliphatic heterocycles. The zero-order valence-corrected chi connectivity index (χ0v) is 16.7. The molecule has 2 atom stereocenters. The fourth-order valence-corrected chi connectivity index (χ4v) is 2.77. The predicted molar refractivity (Wildman–Crippen MR) is 98.7 cm³/mol. The van der Waals surface area contributed by atoms with E-state index < -0.39 is 41.6 Å². The van der Waals surface area contributed by atoms with Gasteiger partial charge in [-0.1, -0.05) is 23.7 Å². The standard InChI is InChI=1S/C19H23ClO8/c1-4-26-14(21)11-19(25,18(24)28-6-3)15(17(23)27-5-2)16(22)12-9-7-8-10-13(12)20/h7-10,15,25H,4-6,11H2,1-3H3. The number of Topliss-reactive ketones (excluding diaryl/α,β-unsaturated/α-hetero) is 1. The van der Waals surface area contributed by atoms with Crippen molar-refractivity contribution < 1.29 is 38.5 Å². The lowest BCUT2D eigenvalue weighted by Gasteiger charge is -2.31. The topological polar surface area (TPSA) is 116 Å². The molecule has 9 heteroatoms. The summed E-state index contributed by atoms with van der Waals surface area (Å²) in [5.74, 6) is -6.55. The molecular formula is C19H23ClO8. The van der Waals surface area contributed by atoms with Crippen LogP contribution in [0.1, 0.15) is 37.6 Å². The number of esters is 3. The lowest BCUT2D eigenvalue weighted by atomic mass is 9.79. The molecule has 0 aliphatic rings. The highest BCUT2D eigenvalue weighted by atomic mass is 35.5. The minimum Gasteiger partial charge on any atom is -0.466 e.